The standard InChI is InChI=1S/C15H15FO2S/c1-11-6-12(2)8-13(7-11)10-19(17,18)15-5-3-4-14(16)9-15/h3-9H,10H2,1-2H3. The molecular formula is C15H15FO2S. The summed E-state index contributed by atoms with van der Waals surface area (Å²) in [7, 11) is -3.51. The average molecular weight is 278 g/mol. The van der Waals surface area contributed by atoms with E-state index in [1.54, 1.807) is 0 Å². The molecule has 0 radical (unpaired) electrons. The van der Waals surface area contributed by atoms with Crippen LogP contribution in [-0.2, 0) is 15.6 Å². The molecule has 2 aromatic rings. The summed E-state index contributed by atoms with van der Waals surface area (Å²) >= 11 is 0. The van der Waals surface area contributed by atoms with Gasteiger partial charge < -0.3 is 0 Å². The van der Waals surface area contributed by atoms with Gasteiger partial charge in [-0.05, 0) is 37.6 Å². The average Bonchev–Trinajstić information content (AvgIpc) is 2.26. The highest BCUT2D eigenvalue weighted by molar-refractivity contribution is 7.90. The molecule has 0 bridgehead atoms. The van der Waals surface area contributed by atoms with E-state index in [0.717, 1.165) is 22.8 Å². The van der Waals surface area contributed by atoms with Gasteiger partial charge in [0.2, 0.25) is 0 Å². The quantitative estimate of drug-likeness (QED) is 0.862. The lowest BCUT2D eigenvalue weighted by Gasteiger charge is -2.07. The van der Waals surface area contributed by atoms with Gasteiger partial charge in [-0.1, -0.05) is 35.4 Å². The van der Waals surface area contributed by atoms with E-state index >= 15 is 0 Å². The molecule has 0 N–H and O–H groups in total. The fourth-order valence-corrected chi connectivity index (χ4v) is 3.47. The van der Waals surface area contributed by atoms with Gasteiger partial charge in [0.25, 0.3) is 0 Å². The van der Waals surface area contributed by atoms with Gasteiger partial charge in [0.1, 0.15) is 5.82 Å². The van der Waals surface area contributed by atoms with Gasteiger partial charge in [-0.15, -0.1) is 0 Å². The SMILES string of the molecule is Cc1cc(C)cc(CS(=O)(=O)c2cccc(F)c2)c1. The van der Waals surface area contributed by atoms with E-state index in [9.17, 15) is 12.8 Å². The molecule has 0 saturated carbocycles. The highest BCUT2D eigenvalue weighted by atomic mass is 32.2. The topological polar surface area (TPSA) is 34.1 Å². The molecular weight excluding hydrogens is 263 g/mol. The molecule has 0 fully saturated rings. The summed E-state index contributed by atoms with van der Waals surface area (Å²) in [5, 5.41) is 0. The summed E-state index contributed by atoms with van der Waals surface area (Å²) in [4.78, 5) is 0.0201. The monoisotopic (exact) mass is 278 g/mol. The van der Waals surface area contributed by atoms with E-state index in [-0.39, 0.29) is 10.6 Å². The molecule has 4 heteroatoms. The second kappa shape index (κ2) is 5.13. The number of halogens is 1. The van der Waals surface area contributed by atoms with Crippen LogP contribution in [-0.4, -0.2) is 8.42 Å². The number of hydrogen-bond acceptors (Lipinski definition) is 2. The summed E-state index contributed by atoms with van der Waals surface area (Å²) in [5.41, 5.74) is 2.76. The maximum atomic E-state index is 13.1. The second-order valence-electron chi connectivity index (χ2n) is 4.71. The Bertz CT molecular complexity index is 686. The van der Waals surface area contributed by atoms with Gasteiger partial charge in [0, 0.05) is 0 Å². The van der Waals surface area contributed by atoms with Crippen LogP contribution in [0.1, 0.15) is 16.7 Å². The Morgan fingerprint density at radius 2 is 1.63 bits per heavy atom. The van der Waals surface area contributed by atoms with E-state index in [2.05, 4.69) is 0 Å². The van der Waals surface area contributed by atoms with Crippen LogP contribution in [0.3, 0.4) is 0 Å². The predicted molar refractivity (Wildman–Crippen MR) is 73.2 cm³/mol. The van der Waals surface area contributed by atoms with E-state index in [1.807, 2.05) is 32.0 Å². The zero-order chi connectivity index (χ0) is 14.0. The summed E-state index contributed by atoms with van der Waals surface area (Å²) in [5.74, 6) is -0.652. The largest absolute Gasteiger partial charge is 0.223 e. The summed E-state index contributed by atoms with van der Waals surface area (Å²) in [6, 6.07) is 10.8. The molecule has 0 saturated heterocycles. The first kappa shape index (κ1) is 13.7. The van der Waals surface area contributed by atoms with Crippen LogP contribution in [0, 0.1) is 19.7 Å². The minimum absolute atomic E-state index is 0.0201. The van der Waals surface area contributed by atoms with E-state index < -0.39 is 15.7 Å². The van der Waals surface area contributed by atoms with Gasteiger partial charge in [-0.25, -0.2) is 12.8 Å². The van der Waals surface area contributed by atoms with Gasteiger partial charge in [-0.2, -0.15) is 0 Å². The van der Waals surface area contributed by atoms with Crippen molar-refractivity contribution in [1.29, 1.82) is 0 Å². The van der Waals surface area contributed by atoms with Crippen LogP contribution >= 0.6 is 0 Å². The predicted octanol–water partition coefficient (Wildman–Crippen LogP) is 3.42. The highest BCUT2D eigenvalue weighted by Gasteiger charge is 2.16. The van der Waals surface area contributed by atoms with Crippen LogP contribution in [0.5, 0.6) is 0 Å². The Balaban J connectivity index is 2.36. The normalized spacial score (nSPS) is 11.5. The van der Waals surface area contributed by atoms with E-state index in [0.29, 0.717) is 0 Å². The Labute approximate surface area is 112 Å². The zero-order valence-corrected chi connectivity index (χ0v) is 11.7. The molecule has 100 valence electrons. The fourth-order valence-electron chi connectivity index (χ4n) is 2.12. The minimum Gasteiger partial charge on any atom is -0.223 e. The summed E-state index contributed by atoms with van der Waals surface area (Å²) in [6.45, 7) is 3.84. The molecule has 0 aliphatic rings. The van der Waals surface area contributed by atoms with Crippen LogP contribution in [0.25, 0.3) is 0 Å². The zero-order valence-electron chi connectivity index (χ0n) is 10.9. The maximum Gasteiger partial charge on any atom is 0.182 e. The van der Waals surface area contributed by atoms with Crippen molar-refractivity contribution in [2.24, 2.45) is 0 Å². The van der Waals surface area contributed by atoms with Crippen molar-refractivity contribution in [2.45, 2.75) is 24.5 Å². The molecule has 0 amide bonds. The molecule has 0 heterocycles. The van der Waals surface area contributed by atoms with Gasteiger partial charge in [-0.3, -0.25) is 0 Å². The van der Waals surface area contributed by atoms with Crippen LogP contribution in [0.4, 0.5) is 4.39 Å². The molecule has 0 aliphatic heterocycles. The van der Waals surface area contributed by atoms with Crippen molar-refractivity contribution in [1.82, 2.24) is 0 Å². The van der Waals surface area contributed by atoms with Crippen LogP contribution < -0.4 is 0 Å². The van der Waals surface area contributed by atoms with E-state index in [1.165, 1.54) is 18.2 Å². The summed E-state index contributed by atoms with van der Waals surface area (Å²) in [6.07, 6.45) is 0. The Morgan fingerprint density at radius 3 is 2.21 bits per heavy atom. The second-order valence-corrected chi connectivity index (χ2v) is 6.70. The van der Waals surface area contributed by atoms with Crippen molar-refractivity contribution in [3.8, 4) is 0 Å². The molecule has 0 spiro atoms. The molecule has 0 atom stereocenters. The third-order valence-corrected chi connectivity index (χ3v) is 4.48. The Hall–Kier alpha value is -1.68. The van der Waals surface area contributed by atoms with Crippen LogP contribution in [0.15, 0.2) is 47.4 Å². The van der Waals surface area contributed by atoms with Crippen molar-refractivity contribution in [3.05, 3.63) is 65.0 Å². The first-order chi connectivity index (χ1) is 8.87. The Morgan fingerprint density at radius 1 is 1.00 bits per heavy atom. The number of sulfone groups is 1. The number of hydrogen-bond donors (Lipinski definition) is 0. The number of aryl methyl sites for hydroxylation is 2. The lowest BCUT2D eigenvalue weighted by molar-refractivity contribution is 0.590. The molecule has 19 heavy (non-hydrogen) atoms. The molecule has 0 unspecified atom stereocenters. The fraction of sp³-hybridized carbons (Fsp3) is 0.200. The lowest BCUT2D eigenvalue weighted by atomic mass is 10.1. The molecule has 2 rings (SSSR count). The highest BCUT2D eigenvalue weighted by Crippen LogP contribution is 2.19. The van der Waals surface area contributed by atoms with Gasteiger partial charge >= 0.3 is 0 Å². The summed E-state index contributed by atoms with van der Waals surface area (Å²) < 4.78 is 37.5. The van der Waals surface area contributed by atoms with Gasteiger partial charge in [0.05, 0.1) is 10.6 Å². The van der Waals surface area contributed by atoms with Crippen molar-refractivity contribution in [2.75, 3.05) is 0 Å². The van der Waals surface area contributed by atoms with Crippen molar-refractivity contribution in [3.63, 3.8) is 0 Å². The minimum atomic E-state index is -3.51. The van der Waals surface area contributed by atoms with Crippen molar-refractivity contribution >= 4 is 9.84 Å². The molecule has 0 aliphatic carbocycles. The van der Waals surface area contributed by atoms with Crippen LogP contribution in [0.2, 0.25) is 0 Å². The van der Waals surface area contributed by atoms with Gasteiger partial charge in [0.15, 0.2) is 9.84 Å². The first-order valence-electron chi connectivity index (χ1n) is 5.92. The molecule has 0 aromatic heterocycles. The third kappa shape index (κ3) is 3.41. The maximum absolute atomic E-state index is 13.1. The Kier molecular flexibility index (Phi) is 3.71. The first-order valence-corrected chi connectivity index (χ1v) is 7.57. The number of rotatable bonds is 3. The third-order valence-electron chi connectivity index (χ3n) is 2.79. The van der Waals surface area contributed by atoms with Crippen molar-refractivity contribution < 1.29 is 12.8 Å². The smallest absolute Gasteiger partial charge is 0.182 e. The number of benzene rings is 2. The van der Waals surface area contributed by atoms with E-state index in [4.69, 9.17) is 0 Å². The lowest BCUT2D eigenvalue weighted by Crippen LogP contribution is -2.05. The molecule has 2 nitrogen and oxygen atoms in total. The molecule has 2 aromatic carbocycles.